The fraction of sp³-hybridized carbons (Fsp3) is 0.429. The van der Waals surface area contributed by atoms with Gasteiger partial charge in [-0.15, -0.1) is 0 Å². The Labute approximate surface area is 128 Å². The molecule has 0 aliphatic carbocycles. The first-order chi connectivity index (χ1) is 9.99. The minimum Gasteiger partial charge on any atom is -0.469 e. The molecule has 0 spiro atoms. The molecule has 1 heterocycles. The van der Waals surface area contributed by atoms with Crippen molar-refractivity contribution in [3.8, 4) is 6.07 Å². The Balaban J connectivity index is 3.25. The highest BCUT2D eigenvalue weighted by Gasteiger charge is 2.20. The average molecular weight is 307 g/mol. The van der Waals surface area contributed by atoms with Crippen molar-refractivity contribution in [2.24, 2.45) is 0 Å². The number of ether oxygens (including phenoxy) is 1. The first-order valence-electron chi connectivity index (χ1n) is 6.27. The molecule has 0 amide bonds. The third-order valence-electron chi connectivity index (χ3n) is 3.03. The Morgan fingerprint density at radius 2 is 2.29 bits per heavy atom. The number of carbonyl (C=O) groups excluding carboxylic acids is 1. The molecular weight excluding hydrogens is 292 g/mol. The van der Waals surface area contributed by atoms with E-state index in [0.29, 0.717) is 30.0 Å². The number of hydrogen-bond acceptors (Lipinski definition) is 5. The third kappa shape index (κ3) is 3.62. The van der Waals surface area contributed by atoms with Crippen molar-refractivity contribution in [2.75, 3.05) is 25.6 Å². The first kappa shape index (κ1) is 16.7. The second-order valence-electron chi connectivity index (χ2n) is 4.25. The summed E-state index contributed by atoms with van der Waals surface area (Å²) in [7, 11) is 3.03. The van der Waals surface area contributed by atoms with E-state index in [9.17, 15) is 4.79 Å². The maximum absolute atomic E-state index is 11.2. The van der Waals surface area contributed by atoms with Crippen molar-refractivity contribution >= 4 is 29.1 Å². The van der Waals surface area contributed by atoms with Gasteiger partial charge in [-0.2, -0.15) is 5.26 Å². The van der Waals surface area contributed by atoms with Crippen LogP contribution in [0.5, 0.6) is 0 Å². The molecule has 0 bridgehead atoms. The topological polar surface area (TPSA) is 70.6 Å². The normalized spacial score (nSPS) is 9.62. The Kier molecular flexibility index (Phi) is 5.95. The number of nitriles is 1. The molecule has 1 rings (SSSR count). The molecular formula is C14H15ClN4O2. The first-order valence-corrected chi connectivity index (χ1v) is 6.65. The van der Waals surface area contributed by atoms with Gasteiger partial charge in [0, 0.05) is 13.6 Å². The van der Waals surface area contributed by atoms with Gasteiger partial charge in [0.1, 0.15) is 17.0 Å². The van der Waals surface area contributed by atoms with Gasteiger partial charge >= 0.3 is 5.97 Å². The zero-order valence-electron chi connectivity index (χ0n) is 12.1. The standard InChI is InChI=1S/C14H15ClN4O2/c1-5-9-10(8-16)13(15)18-14(12(9)17-2)19(3)7-6-11(20)21-4/h5-7H2,1,3-4H3. The molecule has 21 heavy (non-hydrogen) atoms. The molecule has 1 aromatic rings. The van der Waals surface area contributed by atoms with Crippen molar-refractivity contribution in [1.29, 1.82) is 5.26 Å². The van der Waals surface area contributed by atoms with Crippen LogP contribution in [0, 0.1) is 17.9 Å². The van der Waals surface area contributed by atoms with Crippen LogP contribution in [-0.4, -0.2) is 31.7 Å². The summed E-state index contributed by atoms with van der Waals surface area (Å²) in [6, 6.07) is 1.98. The van der Waals surface area contributed by atoms with Crippen LogP contribution in [0.1, 0.15) is 24.5 Å². The molecule has 0 saturated heterocycles. The van der Waals surface area contributed by atoms with Gasteiger partial charge in [-0.05, 0) is 12.0 Å². The molecule has 0 unspecified atom stereocenters. The quantitative estimate of drug-likeness (QED) is 0.475. The van der Waals surface area contributed by atoms with Gasteiger partial charge in [-0.25, -0.2) is 9.83 Å². The molecule has 0 aromatic carbocycles. The number of esters is 1. The lowest BCUT2D eigenvalue weighted by molar-refractivity contribution is -0.140. The number of rotatable bonds is 5. The Bertz CT molecular complexity index is 631. The van der Waals surface area contributed by atoms with Gasteiger partial charge in [0.05, 0.1) is 25.7 Å². The fourth-order valence-electron chi connectivity index (χ4n) is 1.89. The van der Waals surface area contributed by atoms with Gasteiger partial charge < -0.3 is 9.64 Å². The number of anilines is 1. The molecule has 0 aliphatic rings. The van der Waals surface area contributed by atoms with E-state index in [1.165, 1.54) is 7.11 Å². The van der Waals surface area contributed by atoms with Crippen LogP contribution in [-0.2, 0) is 16.0 Å². The summed E-state index contributed by atoms with van der Waals surface area (Å²) >= 11 is 6.02. The molecule has 7 heteroatoms. The van der Waals surface area contributed by atoms with Crippen molar-refractivity contribution in [3.63, 3.8) is 0 Å². The van der Waals surface area contributed by atoms with Gasteiger partial charge in [-0.3, -0.25) is 4.79 Å². The molecule has 1 aromatic heterocycles. The molecule has 0 radical (unpaired) electrons. The molecule has 6 nitrogen and oxygen atoms in total. The number of hydrogen-bond donors (Lipinski definition) is 0. The summed E-state index contributed by atoms with van der Waals surface area (Å²) in [6.07, 6.45) is 0.673. The van der Waals surface area contributed by atoms with E-state index in [0.717, 1.165) is 0 Å². The second-order valence-corrected chi connectivity index (χ2v) is 4.61. The Morgan fingerprint density at radius 3 is 2.76 bits per heavy atom. The molecule has 0 saturated carbocycles. The zero-order chi connectivity index (χ0) is 16.0. The SMILES string of the molecule is [C-]#[N+]c1c(N(C)CCC(=O)OC)nc(Cl)c(C#N)c1CC. The van der Waals surface area contributed by atoms with Gasteiger partial charge in [-0.1, -0.05) is 18.5 Å². The lowest BCUT2D eigenvalue weighted by atomic mass is 10.1. The van der Waals surface area contributed by atoms with Crippen LogP contribution in [0.15, 0.2) is 0 Å². The van der Waals surface area contributed by atoms with Crippen LogP contribution in [0.3, 0.4) is 0 Å². The highest BCUT2D eigenvalue weighted by atomic mass is 35.5. The third-order valence-corrected chi connectivity index (χ3v) is 3.30. The molecule has 110 valence electrons. The van der Waals surface area contributed by atoms with Crippen LogP contribution >= 0.6 is 11.6 Å². The lowest BCUT2D eigenvalue weighted by Crippen LogP contribution is -2.23. The van der Waals surface area contributed by atoms with Crippen molar-refractivity contribution < 1.29 is 9.53 Å². The summed E-state index contributed by atoms with van der Waals surface area (Å²) in [5.74, 6) is 0.0245. The van der Waals surface area contributed by atoms with E-state index in [4.69, 9.17) is 23.4 Å². The molecule has 0 aliphatic heterocycles. The van der Waals surface area contributed by atoms with Crippen LogP contribution in [0.4, 0.5) is 11.5 Å². The number of pyridine rings is 1. The maximum atomic E-state index is 11.2. The van der Waals surface area contributed by atoms with E-state index in [2.05, 4.69) is 14.6 Å². The largest absolute Gasteiger partial charge is 0.469 e. The number of nitrogens with zero attached hydrogens (tertiary/aromatic N) is 4. The lowest BCUT2D eigenvalue weighted by Gasteiger charge is -2.21. The monoisotopic (exact) mass is 306 g/mol. The summed E-state index contributed by atoms with van der Waals surface area (Å²) < 4.78 is 4.58. The molecule has 0 fully saturated rings. The summed E-state index contributed by atoms with van der Waals surface area (Å²) in [4.78, 5) is 20.5. The van der Waals surface area contributed by atoms with E-state index in [1.54, 1.807) is 11.9 Å². The summed E-state index contributed by atoms with van der Waals surface area (Å²) in [6.45, 7) is 9.52. The minimum atomic E-state index is -0.346. The van der Waals surface area contributed by atoms with Crippen molar-refractivity contribution in [1.82, 2.24) is 4.98 Å². The average Bonchev–Trinajstić information content (AvgIpc) is 2.50. The van der Waals surface area contributed by atoms with Gasteiger partial charge in [0.2, 0.25) is 5.69 Å². The van der Waals surface area contributed by atoms with Crippen LogP contribution < -0.4 is 4.90 Å². The summed E-state index contributed by atoms with van der Waals surface area (Å²) in [5.41, 5.74) is 1.11. The smallest absolute Gasteiger partial charge is 0.307 e. The van der Waals surface area contributed by atoms with E-state index >= 15 is 0 Å². The van der Waals surface area contributed by atoms with Crippen molar-refractivity contribution in [2.45, 2.75) is 19.8 Å². The highest BCUT2D eigenvalue weighted by molar-refractivity contribution is 6.31. The number of methoxy groups -OCH3 is 1. The maximum Gasteiger partial charge on any atom is 0.307 e. The second kappa shape index (κ2) is 7.47. The number of aromatic nitrogens is 1. The van der Waals surface area contributed by atoms with Gasteiger partial charge in [0.25, 0.3) is 0 Å². The fourth-order valence-corrected chi connectivity index (χ4v) is 2.12. The van der Waals surface area contributed by atoms with E-state index in [1.807, 2.05) is 13.0 Å². The van der Waals surface area contributed by atoms with Gasteiger partial charge in [0.15, 0.2) is 0 Å². The predicted octanol–water partition coefficient (Wildman–Crippen LogP) is 2.72. The van der Waals surface area contributed by atoms with Crippen LogP contribution in [0.25, 0.3) is 4.85 Å². The van der Waals surface area contributed by atoms with E-state index in [-0.39, 0.29) is 23.1 Å². The minimum absolute atomic E-state index is 0.0710. The van der Waals surface area contributed by atoms with Crippen LogP contribution in [0.2, 0.25) is 5.15 Å². The zero-order valence-corrected chi connectivity index (χ0v) is 12.9. The molecule has 0 N–H and O–H groups in total. The Hall–Kier alpha value is -2.31. The van der Waals surface area contributed by atoms with Crippen molar-refractivity contribution in [3.05, 3.63) is 27.7 Å². The predicted molar refractivity (Wildman–Crippen MR) is 79.5 cm³/mol. The number of carbonyl (C=O) groups is 1. The highest BCUT2D eigenvalue weighted by Crippen LogP contribution is 2.36. The Morgan fingerprint density at radius 1 is 1.62 bits per heavy atom. The van der Waals surface area contributed by atoms with E-state index < -0.39 is 0 Å². The number of halogens is 1. The summed E-state index contributed by atoms with van der Waals surface area (Å²) in [5, 5.41) is 9.21. The molecule has 0 atom stereocenters.